The summed E-state index contributed by atoms with van der Waals surface area (Å²) in [6.07, 6.45) is 1.65. The fourth-order valence-electron chi connectivity index (χ4n) is 1.30. The Balaban J connectivity index is 2.49. The first kappa shape index (κ1) is 9.60. The number of aryl methyl sites for hydroxylation is 1. The lowest BCUT2D eigenvalue weighted by Gasteiger charge is -2.02. The molecule has 0 spiro atoms. The van der Waals surface area contributed by atoms with Crippen LogP contribution in [0.15, 0.2) is 18.3 Å². The summed E-state index contributed by atoms with van der Waals surface area (Å²) < 4.78 is 1.59. The van der Waals surface area contributed by atoms with Crippen molar-refractivity contribution in [1.82, 2.24) is 19.7 Å². The number of rotatable bonds is 2. The zero-order valence-corrected chi connectivity index (χ0v) is 8.38. The highest BCUT2D eigenvalue weighted by atomic mass is 15.4. The molecule has 6 nitrogen and oxygen atoms in total. The topological polar surface area (TPSA) is 95.6 Å². The van der Waals surface area contributed by atoms with Crippen LogP contribution in [0.25, 0.3) is 5.95 Å². The summed E-state index contributed by atoms with van der Waals surface area (Å²) in [6.45, 7) is 2.27. The van der Waals surface area contributed by atoms with E-state index in [0.29, 0.717) is 18.3 Å². The second kappa shape index (κ2) is 3.66. The fourth-order valence-corrected chi connectivity index (χ4v) is 1.30. The number of aromatic nitrogens is 4. The SMILES string of the molecule is Cc1cc(N)nn1-c1nccc(CN)n1. The van der Waals surface area contributed by atoms with Gasteiger partial charge in [0.05, 0.1) is 5.69 Å². The summed E-state index contributed by atoms with van der Waals surface area (Å²) >= 11 is 0. The molecule has 2 aromatic rings. The van der Waals surface area contributed by atoms with Crippen molar-refractivity contribution in [3.63, 3.8) is 0 Å². The van der Waals surface area contributed by atoms with Crippen LogP contribution >= 0.6 is 0 Å². The summed E-state index contributed by atoms with van der Waals surface area (Å²) in [4.78, 5) is 8.35. The van der Waals surface area contributed by atoms with Crippen molar-refractivity contribution in [3.8, 4) is 5.95 Å². The van der Waals surface area contributed by atoms with Crippen molar-refractivity contribution < 1.29 is 0 Å². The van der Waals surface area contributed by atoms with Crippen molar-refractivity contribution in [2.75, 3.05) is 5.73 Å². The molecule has 0 bridgehead atoms. The van der Waals surface area contributed by atoms with Crippen LogP contribution in [-0.2, 0) is 6.54 Å². The molecule has 78 valence electrons. The Bertz CT molecular complexity index is 475. The predicted octanol–water partition coefficient (Wildman–Crippen LogP) is 0.0116. The van der Waals surface area contributed by atoms with Gasteiger partial charge in [-0.2, -0.15) is 0 Å². The van der Waals surface area contributed by atoms with Crippen LogP contribution in [0.1, 0.15) is 11.4 Å². The van der Waals surface area contributed by atoms with E-state index >= 15 is 0 Å². The zero-order chi connectivity index (χ0) is 10.8. The average Bonchev–Trinajstić information content (AvgIpc) is 2.58. The maximum Gasteiger partial charge on any atom is 0.251 e. The average molecular weight is 204 g/mol. The van der Waals surface area contributed by atoms with E-state index in [4.69, 9.17) is 11.5 Å². The van der Waals surface area contributed by atoms with Crippen LogP contribution in [-0.4, -0.2) is 19.7 Å². The molecule has 0 fully saturated rings. The highest BCUT2D eigenvalue weighted by Crippen LogP contribution is 2.09. The van der Waals surface area contributed by atoms with Gasteiger partial charge >= 0.3 is 0 Å². The van der Waals surface area contributed by atoms with Gasteiger partial charge in [-0.1, -0.05) is 0 Å². The Kier molecular flexibility index (Phi) is 2.34. The second-order valence-corrected chi connectivity index (χ2v) is 3.17. The van der Waals surface area contributed by atoms with E-state index < -0.39 is 0 Å². The standard InChI is InChI=1S/C9H12N6/c1-6-4-8(11)14-15(6)9-12-3-2-7(5-10)13-9/h2-4H,5,10H2,1H3,(H2,11,14). The third-order valence-electron chi connectivity index (χ3n) is 2.01. The molecule has 0 aliphatic rings. The van der Waals surface area contributed by atoms with E-state index in [0.717, 1.165) is 11.4 Å². The summed E-state index contributed by atoms with van der Waals surface area (Å²) in [7, 11) is 0. The van der Waals surface area contributed by atoms with Crippen LogP contribution in [0.2, 0.25) is 0 Å². The lowest BCUT2D eigenvalue weighted by atomic mass is 10.4. The first-order valence-corrected chi connectivity index (χ1v) is 4.55. The molecule has 6 heteroatoms. The molecule has 0 aromatic carbocycles. The lowest BCUT2D eigenvalue weighted by molar-refractivity contribution is 0.771. The van der Waals surface area contributed by atoms with Crippen LogP contribution in [0.5, 0.6) is 0 Å². The van der Waals surface area contributed by atoms with Gasteiger partial charge in [0.2, 0.25) is 0 Å². The van der Waals surface area contributed by atoms with Crippen LogP contribution < -0.4 is 11.5 Å². The molecule has 0 atom stereocenters. The van der Waals surface area contributed by atoms with Gasteiger partial charge in [-0.05, 0) is 13.0 Å². The molecule has 0 saturated carbocycles. The minimum Gasteiger partial charge on any atom is -0.382 e. The summed E-state index contributed by atoms with van der Waals surface area (Å²) in [5, 5.41) is 4.08. The van der Waals surface area contributed by atoms with Gasteiger partial charge < -0.3 is 11.5 Å². The van der Waals surface area contributed by atoms with Crippen molar-refractivity contribution in [2.45, 2.75) is 13.5 Å². The molecule has 0 unspecified atom stereocenters. The van der Waals surface area contributed by atoms with Gasteiger partial charge in [-0.3, -0.25) is 0 Å². The van der Waals surface area contributed by atoms with Gasteiger partial charge in [0.1, 0.15) is 5.82 Å². The monoisotopic (exact) mass is 204 g/mol. The molecule has 2 aromatic heterocycles. The van der Waals surface area contributed by atoms with E-state index in [2.05, 4.69) is 15.1 Å². The molecular weight excluding hydrogens is 192 g/mol. The van der Waals surface area contributed by atoms with Gasteiger partial charge in [0.15, 0.2) is 0 Å². The maximum absolute atomic E-state index is 5.58. The third-order valence-corrected chi connectivity index (χ3v) is 2.01. The number of anilines is 1. The van der Waals surface area contributed by atoms with E-state index in [9.17, 15) is 0 Å². The Labute approximate surface area is 86.9 Å². The molecule has 2 heterocycles. The minimum atomic E-state index is 0.380. The van der Waals surface area contributed by atoms with E-state index in [-0.39, 0.29) is 0 Å². The number of nitrogen functional groups attached to an aromatic ring is 1. The molecule has 0 aliphatic heterocycles. The second-order valence-electron chi connectivity index (χ2n) is 3.17. The molecule has 2 rings (SSSR count). The Morgan fingerprint density at radius 1 is 1.47 bits per heavy atom. The van der Waals surface area contributed by atoms with E-state index in [1.54, 1.807) is 23.0 Å². The van der Waals surface area contributed by atoms with Gasteiger partial charge in [0, 0.05) is 24.5 Å². The number of nitrogens with two attached hydrogens (primary N) is 2. The summed E-state index contributed by atoms with van der Waals surface area (Å²) in [5.41, 5.74) is 12.7. The summed E-state index contributed by atoms with van der Waals surface area (Å²) in [5.74, 6) is 0.946. The van der Waals surface area contributed by atoms with Crippen LogP contribution in [0, 0.1) is 6.92 Å². The van der Waals surface area contributed by atoms with Gasteiger partial charge in [0.25, 0.3) is 5.95 Å². The molecular formula is C9H12N6. The van der Waals surface area contributed by atoms with Crippen molar-refractivity contribution in [3.05, 3.63) is 29.7 Å². The number of nitrogens with zero attached hydrogens (tertiary/aromatic N) is 4. The minimum absolute atomic E-state index is 0.380. The molecule has 0 saturated heterocycles. The Hall–Kier alpha value is -1.95. The van der Waals surface area contributed by atoms with Crippen molar-refractivity contribution in [1.29, 1.82) is 0 Å². The molecule has 15 heavy (non-hydrogen) atoms. The van der Waals surface area contributed by atoms with Crippen LogP contribution in [0.3, 0.4) is 0 Å². The Morgan fingerprint density at radius 2 is 2.27 bits per heavy atom. The van der Waals surface area contributed by atoms with Gasteiger partial charge in [-0.15, -0.1) is 5.10 Å². The smallest absolute Gasteiger partial charge is 0.251 e. The predicted molar refractivity (Wildman–Crippen MR) is 56.2 cm³/mol. The third kappa shape index (κ3) is 1.79. The van der Waals surface area contributed by atoms with Crippen molar-refractivity contribution in [2.24, 2.45) is 5.73 Å². The van der Waals surface area contributed by atoms with Crippen molar-refractivity contribution >= 4 is 5.82 Å². The fraction of sp³-hybridized carbons (Fsp3) is 0.222. The van der Waals surface area contributed by atoms with Gasteiger partial charge in [-0.25, -0.2) is 14.6 Å². The largest absolute Gasteiger partial charge is 0.382 e. The maximum atomic E-state index is 5.58. The zero-order valence-electron chi connectivity index (χ0n) is 8.38. The highest BCUT2D eigenvalue weighted by molar-refractivity contribution is 5.32. The molecule has 0 aliphatic carbocycles. The van der Waals surface area contributed by atoms with Crippen LogP contribution in [0.4, 0.5) is 5.82 Å². The number of hydrogen-bond acceptors (Lipinski definition) is 5. The quantitative estimate of drug-likeness (QED) is 0.718. The first-order valence-electron chi connectivity index (χ1n) is 4.55. The molecule has 0 radical (unpaired) electrons. The van der Waals surface area contributed by atoms with E-state index in [1.165, 1.54) is 0 Å². The summed E-state index contributed by atoms with van der Waals surface area (Å²) in [6, 6.07) is 3.53. The normalized spacial score (nSPS) is 10.5. The first-order chi connectivity index (χ1) is 7.20. The highest BCUT2D eigenvalue weighted by Gasteiger charge is 2.06. The molecule has 4 N–H and O–H groups in total. The Morgan fingerprint density at radius 3 is 2.87 bits per heavy atom. The molecule has 0 amide bonds. The van der Waals surface area contributed by atoms with E-state index in [1.807, 2.05) is 6.92 Å². The lowest BCUT2D eigenvalue weighted by Crippen LogP contribution is -2.08. The number of hydrogen-bond donors (Lipinski definition) is 2.